The molecule has 9 heteroatoms. The number of carbonyl (C=O) groups excluding carboxylic acids is 1. The fourth-order valence-electron chi connectivity index (χ4n) is 4.52. The van der Waals surface area contributed by atoms with E-state index >= 15 is 0 Å². The number of benzene rings is 2. The maximum absolute atomic E-state index is 13.6. The lowest BCUT2D eigenvalue weighted by Crippen LogP contribution is -2.31. The Labute approximate surface area is 231 Å². The third kappa shape index (κ3) is 5.06. The summed E-state index contributed by atoms with van der Waals surface area (Å²) in [6.07, 6.45) is 3.38. The summed E-state index contributed by atoms with van der Waals surface area (Å²) in [7, 11) is 1.89. The topological polar surface area (TPSA) is 120 Å². The third-order valence-corrected chi connectivity index (χ3v) is 6.42. The fourth-order valence-corrected chi connectivity index (χ4v) is 4.52. The average Bonchev–Trinajstić information content (AvgIpc) is 3.30. The molecule has 0 unspecified atom stereocenters. The van der Waals surface area contributed by atoms with Crippen LogP contribution in [0.5, 0.6) is 0 Å². The number of para-hydroxylation sites is 1. The molecule has 4 N–H and O–H groups in total. The molecule has 3 heterocycles. The van der Waals surface area contributed by atoms with E-state index < -0.39 is 11.5 Å². The van der Waals surface area contributed by atoms with Crippen molar-refractivity contribution in [1.82, 2.24) is 24.4 Å². The van der Waals surface area contributed by atoms with Crippen molar-refractivity contribution in [1.29, 1.82) is 0 Å². The van der Waals surface area contributed by atoms with Gasteiger partial charge in [-0.2, -0.15) is 0 Å². The Hall–Kier alpha value is -5.62. The van der Waals surface area contributed by atoms with Gasteiger partial charge in [0.1, 0.15) is 23.4 Å². The minimum absolute atomic E-state index is 0.0165. The van der Waals surface area contributed by atoms with Crippen LogP contribution in [-0.4, -0.2) is 25.0 Å². The molecule has 0 fully saturated rings. The number of hydrogen-bond acceptors (Lipinski definition) is 6. The van der Waals surface area contributed by atoms with Gasteiger partial charge in [0, 0.05) is 35.9 Å². The zero-order valence-corrected chi connectivity index (χ0v) is 22.1. The summed E-state index contributed by atoms with van der Waals surface area (Å²) < 4.78 is 3.41. The van der Waals surface area contributed by atoms with E-state index in [0.717, 1.165) is 22.2 Å². The van der Waals surface area contributed by atoms with Crippen LogP contribution in [0.3, 0.4) is 0 Å². The standard InChI is InChI=1S/C31H27N7O2/c1-4-8-20(2)33-17-24-15-16-25(31(40)38(24)23-9-6-5-7-10-23)30(39)36-22-13-11-21(12-14-22)26-18-37(3)29-27(26)28(32)34-19-35-29/h5-7,9-16,18-19,33H,2,17H2,1,3H3,(H,36,39)(H2,32,34,35). The highest BCUT2D eigenvalue weighted by Crippen LogP contribution is 2.32. The van der Waals surface area contributed by atoms with Gasteiger partial charge in [-0.1, -0.05) is 48.8 Å². The number of pyridine rings is 1. The highest BCUT2D eigenvalue weighted by atomic mass is 16.2. The fraction of sp³-hybridized carbons (Fsp3) is 0.0968. The molecule has 5 rings (SSSR count). The molecule has 198 valence electrons. The molecule has 0 aliphatic carbocycles. The number of carbonyl (C=O) groups is 1. The van der Waals surface area contributed by atoms with Gasteiger partial charge in [-0.25, -0.2) is 9.97 Å². The second-order valence-electron chi connectivity index (χ2n) is 9.06. The van der Waals surface area contributed by atoms with Crippen LogP contribution in [0.25, 0.3) is 27.8 Å². The first-order valence-corrected chi connectivity index (χ1v) is 12.5. The van der Waals surface area contributed by atoms with Crippen molar-refractivity contribution in [3.8, 4) is 28.7 Å². The number of fused-ring (bicyclic) bond motifs is 1. The molecule has 0 radical (unpaired) electrons. The number of rotatable bonds is 7. The second-order valence-corrected chi connectivity index (χ2v) is 9.06. The Morgan fingerprint density at radius 2 is 1.80 bits per heavy atom. The predicted octanol–water partition coefficient (Wildman–Crippen LogP) is 4.25. The predicted molar refractivity (Wildman–Crippen MR) is 158 cm³/mol. The largest absolute Gasteiger partial charge is 0.383 e. The number of nitrogen functional groups attached to an aromatic ring is 1. The van der Waals surface area contributed by atoms with E-state index in [-0.39, 0.29) is 5.56 Å². The van der Waals surface area contributed by atoms with Crippen LogP contribution < -0.4 is 21.9 Å². The van der Waals surface area contributed by atoms with E-state index in [4.69, 9.17) is 5.73 Å². The molecule has 9 nitrogen and oxygen atoms in total. The van der Waals surface area contributed by atoms with Gasteiger partial charge in [-0.3, -0.25) is 14.2 Å². The summed E-state index contributed by atoms with van der Waals surface area (Å²) in [5.41, 5.74) is 10.6. The second kappa shape index (κ2) is 11.0. The summed E-state index contributed by atoms with van der Waals surface area (Å²) in [5, 5.41) is 6.72. The molecule has 5 aromatic rings. The lowest BCUT2D eigenvalue weighted by Gasteiger charge is -2.16. The van der Waals surface area contributed by atoms with Crippen molar-refractivity contribution in [2.24, 2.45) is 7.05 Å². The summed E-state index contributed by atoms with van der Waals surface area (Å²) in [6, 6.07) is 19.8. The normalized spacial score (nSPS) is 10.6. The van der Waals surface area contributed by atoms with Crippen LogP contribution in [0, 0.1) is 11.8 Å². The molecule has 1 amide bonds. The average molecular weight is 530 g/mol. The Morgan fingerprint density at radius 3 is 2.52 bits per heavy atom. The number of amides is 1. The minimum Gasteiger partial charge on any atom is -0.383 e. The monoisotopic (exact) mass is 529 g/mol. The first-order valence-electron chi connectivity index (χ1n) is 12.5. The lowest BCUT2D eigenvalue weighted by molar-refractivity contribution is 0.102. The molecular formula is C31H27N7O2. The van der Waals surface area contributed by atoms with E-state index in [0.29, 0.717) is 35.1 Å². The molecule has 3 aromatic heterocycles. The molecule has 0 aliphatic heterocycles. The number of nitrogens with zero attached hydrogens (tertiary/aromatic N) is 4. The number of hydrogen-bond donors (Lipinski definition) is 3. The molecule has 0 atom stereocenters. The van der Waals surface area contributed by atoms with Crippen molar-refractivity contribution in [2.45, 2.75) is 13.5 Å². The summed E-state index contributed by atoms with van der Waals surface area (Å²) in [6.45, 7) is 5.91. The number of allylic oxidation sites excluding steroid dienone is 1. The quantitative estimate of drug-likeness (QED) is 0.271. The van der Waals surface area contributed by atoms with E-state index in [9.17, 15) is 9.59 Å². The molecule has 0 aliphatic rings. The summed E-state index contributed by atoms with van der Waals surface area (Å²) >= 11 is 0. The number of aromatic nitrogens is 4. The van der Waals surface area contributed by atoms with Crippen LogP contribution in [0.4, 0.5) is 11.5 Å². The van der Waals surface area contributed by atoms with Crippen LogP contribution in [0.2, 0.25) is 0 Å². The highest BCUT2D eigenvalue weighted by Gasteiger charge is 2.18. The first-order chi connectivity index (χ1) is 19.4. The van der Waals surface area contributed by atoms with Crippen LogP contribution in [0.15, 0.2) is 96.3 Å². The van der Waals surface area contributed by atoms with Crippen LogP contribution in [0.1, 0.15) is 23.0 Å². The number of nitrogens with one attached hydrogen (secondary N) is 2. The van der Waals surface area contributed by atoms with Crippen LogP contribution >= 0.6 is 0 Å². The van der Waals surface area contributed by atoms with Crippen molar-refractivity contribution < 1.29 is 4.79 Å². The minimum atomic E-state index is -0.508. The Bertz CT molecular complexity index is 1860. The van der Waals surface area contributed by atoms with Gasteiger partial charge < -0.3 is 20.9 Å². The molecule has 0 bridgehead atoms. The van der Waals surface area contributed by atoms with E-state index in [2.05, 4.69) is 39.0 Å². The highest BCUT2D eigenvalue weighted by molar-refractivity contribution is 6.04. The van der Waals surface area contributed by atoms with Crippen LogP contribution in [-0.2, 0) is 13.6 Å². The maximum Gasteiger partial charge on any atom is 0.268 e. The zero-order valence-electron chi connectivity index (χ0n) is 22.1. The molecule has 0 spiro atoms. The molecule has 0 saturated heterocycles. The summed E-state index contributed by atoms with van der Waals surface area (Å²) in [5.74, 6) is 5.53. The van der Waals surface area contributed by atoms with Gasteiger partial charge in [0.2, 0.25) is 0 Å². The SMILES string of the molecule is C=C(C#CC)NCc1ccc(C(=O)Nc2ccc(-c3cn(C)c4ncnc(N)c34)cc2)c(=O)n1-c1ccccc1. The maximum atomic E-state index is 13.6. The van der Waals surface area contributed by atoms with Gasteiger partial charge in [-0.05, 0) is 48.9 Å². The molecule has 2 aromatic carbocycles. The van der Waals surface area contributed by atoms with Gasteiger partial charge in [-0.15, -0.1) is 0 Å². The van der Waals surface area contributed by atoms with E-state index in [1.54, 1.807) is 25.1 Å². The number of aryl methyl sites for hydroxylation is 1. The van der Waals surface area contributed by atoms with Crippen molar-refractivity contribution in [3.05, 3.63) is 113 Å². The smallest absolute Gasteiger partial charge is 0.268 e. The van der Waals surface area contributed by atoms with Gasteiger partial charge in [0.25, 0.3) is 11.5 Å². The first kappa shape index (κ1) is 26.0. The third-order valence-electron chi connectivity index (χ3n) is 6.42. The summed E-state index contributed by atoms with van der Waals surface area (Å²) in [4.78, 5) is 35.3. The molecule has 40 heavy (non-hydrogen) atoms. The zero-order chi connectivity index (χ0) is 28.2. The lowest BCUT2D eigenvalue weighted by atomic mass is 10.1. The number of anilines is 2. The molecule has 0 saturated carbocycles. The Morgan fingerprint density at radius 1 is 1.05 bits per heavy atom. The Kier molecular flexibility index (Phi) is 7.16. The van der Waals surface area contributed by atoms with Crippen molar-refractivity contribution in [2.75, 3.05) is 11.1 Å². The van der Waals surface area contributed by atoms with Gasteiger partial charge >= 0.3 is 0 Å². The Balaban J connectivity index is 1.43. The van der Waals surface area contributed by atoms with E-state index in [1.807, 2.05) is 60.3 Å². The van der Waals surface area contributed by atoms with Crippen molar-refractivity contribution >= 4 is 28.4 Å². The molecular weight excluding hydrogens is 502 g/mol. The van der Waals surface area contributed by atoms with Gasteiger partial charge in [0.05, 0.1) is 17.6 Å². The van der Waals surface area contributed by atoms with Crippen molar-refractivity contribution in [3.63, 3.8) is 0 Å². The number of nitrogens with two attached hydrogens (primary N) is 1. The van der Waals surface area contributed by atoms with Gasteiger partial charge in [0.15, 0.2) is 0 Å². The van der Waals surface area contributed by atoms with E-state index in [1.165, 1.54) is 17.0 Å².